The molecule has 2 nitrogen and oxygen atoms in total. The van der Waals surface area contributed by atoms with E-state index in [0.29, 0.717) is 0 Å². The molecule has 54 valence electrons. The highest BCUT2D eigenvalue weighted by Gasteiger charge is 2.31. The highest BCUT2D eigenvalue weighted by Crippen LogP contribution is 2.29. The van der Waals surface area contributed by atoms with Crippen molar-refractivity contribution >= 4 is 0 Å². The maximum atomic E-state index is 5.48. The third-order valence-electron chi connectivity index (χ3n) is 1.70. The molecule has 0 unspecified atom stereocenters. The Bertz CT molecular complexity index is 99.1. The molecule has 1 saturated heterocycles. The minimum atomic E-state index is 0.0417. The molecule has 1 aliphatic rings. The van der Waals surface area contributed by atoms with E-state index in [9.17, 15) is 0 Å². The maximum absolute atomic E-state index is 5.48. The Hall–Kier alpha value is -0.0800. The smallest absolute Gasteiger partial charge is 0.158 e. The molecular formula is C7H14O2. The first kappa shape index (κ1) is 7.03. The summed E-state index contributed by atoms with van der Waals surface area (Å²) in [6, 6.07) is 0. The van der Waals surface area contributed by atoms with Crippen molar-refractivity contribution in [1.82, 2.24) is 0 Å². The molecule has 0 spiro atoms. The normalized spacial score (nSPS) is 33.0. The van der Waals surface area contributed by atoms with E-state index in [1.165, 1.54) is 0 Å². The summed E-state index contributed by atoms with van der Waals surface area (Å²) in [7, 11) is 1.69. The third kappa shape index (κ3) is 1.66. The van der Waals surface area contributed by atoms with Crippen LogP contribution in [0.2, 0.25) is 0 Å². The van der Waals surface area contributed by atoms with E-state index < -0.39 is 0 Å². The van der Waals surface area contributed by atoms with Gasteiger partial charge in [-0.25, -0.2) is 0 Å². The summed E-state index contributed by atoms with van der Waals surface area (Å²) >= 11 is 0. The van der Waals surface area contributed by atoms with Crippen molar-refractivity contribution in [1.29, 1.82) is 0 Å². The number of rotatable bonds is 1. The van der Waals surface area contributed by atoms with Crippen LogP contribution in [-0.2, 0) is 9.47 Å². The summed E-state index contributed by atoms with van der Waals surface area (Å²) in [5.41, 5.74) is 0.0423. The van der Waals surface area contributed by atoms with Gasteiger partial charge in [0, 0.05) is 13.5 Å². The van der Waals surface area contributed by atoms with Crippen LogP contribution in [0.15, 0.2) is 0 Å². The van der Waals surface area contributed by atoms with Crippen molar-refractivity contribution in [3.63, 3.8) is 0 Å². The van der Waals surface area contributed by atoms with Gasteiger partial charge < -0.3 is 9.47 Å². The van der Waals surface area contributed by atoms with Crippen LogP contribution in [0.25, 0.3) is 0 Å². The van der Waals surface area contributed by atoms with E-state index in [1.807, 2.05) is 0 Å². The van der Waals surface area contributed by atoms with Crippen LogP contribution in [-0.4, -0.2) is 19.0 Å². The Morgan fingerprint density at radius 1 is 1.56 bits per heavy atom. The van der Waals surface area contributed by atoms with Crippen molar-refractivity contribution in [2.45, 2.75) is 38.6 Å². The van der Waals surface area contributed by atoms with Crippen molar-refractivity contribution in [3.05, 3.63) is 0 Å². The Kier molecular flexibility index (Phi) is 1.78. The molecule has 0 amide bonds. The summed E-state index contributed by atoms with van der Waals surface area (Å²) < 4.78 is 10.5. The quantitative estimate of drug-likeness (QED) is 0.536. The third-order valence-corrected chi connectivity index (χ3v) is 1.70. The molecule has 0 radical (unpaired) electrons. The molecule has 0 N–H and O–H groups in total. The number of hydrogen-bond acceptors (Lipinski definition) is 2. The molecule has 1 fully saturated rings. The van der Waals surface area contributed by atoms with E-state index in [-0.39, 0.29) is 11.9 Å². The first-order valence-corrected chi connectivity index (χ1v) is 3.35. The van der Waals surface area contributed by atoms with Crippen molar-refractivity contribution in [3.8, 4) is 0 Å². The highest BCUT2D eigenvalue weighted by molar-refractivity contribution is 4.76. The molecule has 0 aliphatic carbocycles. The van der Waals surface area contributed by atoms with Crippen LogP contribution in [0.4, 0.5) is 0 Å². The molecule has 2 heteroatoms. The molecule has 0 aromatic carbocycles. The van der Waals surface area contributed by atoms with Crippen LogP contribution in [0, 0.1) is 0 Å². The lowest BCUT2D eigenvalue weighted by Crippen LogP contribution is -2.20. The predicted octanol–water partition coefficient (Wildman–Crippen LogP) is 1.55. The summed E-state index contributed by atoms with van der Waals surface area (Å²) in [4.78, 5) is 0. The summed E-state index contributed by atoms with van der Waals surface area (Å²) in [6.07, 6.45) is 2.18. The molecule has 1 heterocycles. The molecule has 1 atom stereocenters. The standard InChI is InChI=1S/C7H14O2/c1-7(2)5-4-6(8-3)9-7/h6H,4-5H2,1-3H3/t6-/m1/s1. The lowest BCUT2D eigenvalue weighted by Gasteiger charge is -2.17. The van der Waals surface area contributed by atoms with Crippen LogP contribution < -0.4 is 0 Å². The van der Waals surface area contributed by atoms with Gasteiger partial charge in [0.15, 0.2) is 6.29 Å². The number of methoxy groups -OCH3 is 1. The van der Waals surface area contributed by atoms with Gasteiger partial charge in [-0.05, 0) is 20.3 Å². The maximum Gasteiger partial charge on any atom is 0.158 e. The SMILES string of the molecule is CO[C@H]1CCC(C)(C)O1. The van der Waals surface area contributed by atoms with Gasteiger partial charge in [0.05, 0.1) is 5.60 Å². The minimum Gasteiger partial charge on any atom is -0.356 e. The van der Waals surface area contributed by atoms with Crippen molar-refractivity contribution < 1.29 is 9.47 Å². The zero-order valence-corrected chi connectivity index (χ0v) is 6.31. The average molecular weight is 130 g/mol. The van der Waals surface area contributed by atoms with Crippen LogP contribution in [0.5, 0.6) is 0 Å². The van der Waals surface area contributed by atoms with Gasteiger partial charge in [-0.15, -0.1) is 0 Å². The van der Waals surface area contributed by atoms with Gasteiger partial charge in [-0.3, -0.25) is 0 Å². The first-order valence-electron chi connectivity index (χ1n) is 3.35. The van der Waals surface area contributed by atoms with Gasteiger partial charge >= 0.3 is 0 Å². The van der Waals surface area contributed by atoms with E-state index in [4.69, 9.17) is 9.47 Å². The molecule has 0 bridgehead atoms. The van der Waals surface area contributed by atoms with E-state index in [2.05, 4.69) is 13.8 Å². The second-order valence-corrected chi connectivity index (χ2v) is 3.08. The molecular weight excluding hydrogens is 116 g/mol. The fourth-order valence-electron chi connectivity index (χ4n) is 1.11. The minimum absolute atomic E-state index is 0.0417. The first-order chi connectivity index (χ1) is 4.14. The van der Waals surface area contributed by atoms with Gasteiger partial charge in [0.25, 0.3) is 0 Å². The second-order valence-electron chi connectivity index (χ2n) is 3.08. The predicted molar refractivity (Wildman–Crippen MR) is 35.2 cm³/mol. The van der Waals surface area contributed by atoms with Crippen LogP contribution in [0.3, 0.4) is 0 Å². The fraction of sp³-hybridized carbons (Fsp3) is 1.00. The van der Waals surface area contributed by atoms with Crippen LogP contribution in [0.1, 0.15) is 26.7 Å². The Balaban J connectivity index is 2.38. The molecule has 9 heavy (non-hydrogen) atoms. The van der Waals surface area contributed by atoms with E-state index in [1.54, 1.807) is 7.11 Å². The van der Waals surface area contributed by atoms with Gasteiger partial charge in [-0.2, -0.15) is 0 Å². The van der Waals surface area contributed by atoms with Crippen molar-refractivity contribution in [2.75, 3.05) is 7.11 Å². The van der Waals surface area contributed by atoms with Gasteiger partial charge in [0.2, 0.25) is 0 Å². The zero-order chi connectivity index (χ0) is 6.91. The van der Waals surface area contributed by atoms with Gasteiger partial charge in [0.1, 0.15) is 0 Å². The summed E-state index contributed by atoms with van der Waals surface area (Å²) in [5, 5.41) is 0. The molecule has 1 rings (SSSR count). The topological polar surface area (TPSA) is 18.5 Å². The Labute approximate surface area is 56.2 Å². The number of hydrogen-bond donors (Lipinski definition) is 0. The molecule has 1 aliphatic heterocycles. The summed E-state index contributed by atoms with van der Waals surface area (Å²) in [5.74, 6) is 0. The fourth-order valence-corrected chi connectivity index (χ4v) is 1.11. The average Bonchev–Trinajstić information content (AvgIpc) is 2.10. The summed E-state index contributed by atoms with van der Waals surface area (Å²) in [6.45, 7) is 4.18. The van der Waals surface area contributed by atoms with E-state index >= 15 is 0 Å². The molecule has 0 aromatic rings. The highest BCUT2D eigenvalue weighted by atomic mass is 16.7. The number of ether oxygens (including phenoxy) is 2. The lowest BCUT2D eigenvalue weighted by atomic mass is 10.1. The molecule has 0 saturated carbocycles. The largest absolute Gasteiger partial charge is 0.356 e. The lowest BCUT2D eigenvalue weighted by molar-refractivity contribution is -0.142. The van der Waals surface area contributed by atoms with Gasteiger partial charge in [-0.1, -0.05) is 0 Å². The van der Waals surface area contributed by atoms with Crippen LogP contribution >= 0.6 is 0 Å². The monoisotopic (exact) mass is 130 g/mol. The Morgan fingerprint density at radius 2 is 2.22 bits per heavy atom. The van der Waals surface area contributed by atoms with E-state index in [0.717, 1.165) is 12.8 Å². The van der Waals surface area contributed by atoms with Crippen molar-refractivity contribution in [2.24, 2.45) is 0 Å². The second kappa shape index (κ2) is 2.27. The molecule has 0 aromatic heterocycles. The Morgan fingerprint density at radius 3 is 2.44 bits per heavy atom. The zero-order valence-electron chi connectivity index (χ0n) is 6.31.